The number of methoxy groups -OCH3 is 2. The van der Waals surface area contributed by atoms with Crippen LogP contribution in [0.5, 0.6) is 11.5 Å². The number of anilines is 1. The first kappa shape index (κ1) is 23.9. The Labute approximate surface area is 194 Å². The first-order valence-corrected chi connectivity index (χ1v) is 11.1. The third-order valence-corrected chi connectivity index (χ3v) is 6.16. The average molecular weight is 460 g/mol. The van der Waals surface area contributed by atoms with E-state index in [9.17, 15) is 9.59 Å². The van der Waals surface area contributed by atoms with Crippen LogP contribution in [-0.4, -0.2) is 50.1 Å². The summed E-state index contributed by atoms with van der Waals surface area (Å²) in [6.45, 7) is 5.60. The van der Waals surface area contributed by atoms with Crippen LogP contribution in [0.25, 0.3) is 0 Å². The fraction of sp³-hybridized carbons (Fsp3) is 0.417. The van der Waals surface area contributed by atoms with E-state index in [4.69, 9.17) is 21.1 Å². The van der Waals surface area contributed by atoms with Crippen molar-refractivity contribution >= 4 is 29.1 Å². The van der Waals surface area contributed by atoms with Crippen molar-refractivity contribution in [3.63, 3.8) is 0 Å². The minimum Gasteiger partial charge on any atom is -0.493 e. The number of carbonyl (C=O) groups excluding carboxylic acids is 2. The van der Waals surface area contributed by atoms with Gasteiger partial charge in [-0.3, -0.25) is 14.5 Å². The summed E-state index contributed by atoms with van der Waals surface area (Å²) in [4.78, 5) is 27.5. The minimum atomic E-state index is -0.717. The van der Waals surface area contributed by atoms with Gasteiger partial charge in [-0.05, 0) is 81.2 Å². The third-order valence-electron chi connectivity index (χ3n) is 5.74. The Balaban J connectivity index is 1.76. The molecule has 32 heavy (non-hydrogen) atoms. The maximum absolute atomic E-state index is 12.7. The molecule has 0 bridgehead atoms. The van der Waals surface area contributed by atoms with E-state index in [0.717, 1.165) is 37.1 Å². The zero-order chi connectivity index (χ0) is 23.3. The summed E-state index contributed by atoms with van der Waals surface area (Å²) >= 11 is 6.03. The average Bonchev–Trinajstić information content (AvgIpc) is 3.30. The van der Waals surface area contributed by atoms with Gasteiger partial charge in [-0.2, -0.15) is 0 Å². The lowest BCUT2D eigenvalue weighted by atomic mass is 9.98. The van der Waals surface area contributed by atoms with Crippen LogP contribution in [0.4, 0.5) is 5.69 Å². The monoisotopic (exact) mass is 459 g/mol. The number of hydrogen-bond acceptors (Lipinski definition) is 5. The molecular formula is C24H30ClN3O4. The van der Waals surface area contributed by atoms with Gasteiger partial charge >= 0.3 is 11.8 Å². The van der Waals surface area contributed by atoms with Crippen molar-refractivity contribution in [2.24, 2.45) is 0 Å². The van der Waals surface area contributed by atoms with Crippen LogP contribution in [0.1, 0.15) is 36.9 Å². The highest BCUT2D eigenvalue weighted by atomic mass is 35.5. The molecule has 1 aliphatic rings. The van der Waals surface area contributed by atoms with Gasteiger partial charge in [0.2, 0.25) is 0 Å². The van der Waals surface area contributed by atoms with E-state index in [1.54, 1.807) is 32.4 Å². The van der Waals surface area contributed by atoms with Crippen LogP contribution in [0.2, 0.25) is 5.02 Å². The van der Waals surface area contributed by atoms with Crippen molar-refractivity contribution in [1.82, 2.24) is 10.2 Å². The Morgan fingerprint density at radius 1 is 1.00 bits per heavy atom. The number of nitrogens with one attached hydrogen (secondary N) is 2. The van der Waals surface area contributed by atoms with Gasteiger partial charge in [-0.1, -0.05) is 17.7 Å². The summed E-state index contributed by atoms with van der Waals surface area (Å²) in [7, 11) is 3.19. The number of amides is 2. The summed E-state index contributed by atoms with van der Waals surface area (Å²) < 4.78 is 10.8. The smallest absolute Gasteiger partial charge is 0.313 e. The van der Waals surface area contributed by atoms with E-state index < -0.39 is 11.8 Å². The van der Waals surface area contributed by atoms with E-state index >= 15 is 0 Å². The predicted octanol–water partition coefficient (Wildman–Crippen LogP) is 3.95. The van der Waals surface area contributed by atoms with Gasteiger partial charge in [-0.15, -0.1) is 0 Å². The third kappa shape index (κ3) is 5.53. The Kier molecular flexibility index (Phi) is 7.99. The van der Waals surface area contributed by atoms with Gasteiger partial charge in [0, 0.05) is 16.8 Å². The van der Waals surface area contributed by atoms with Gasteiger partial charge in [0.15, 0.2) is 11.5 Å². The van der Waals surface area contributed by atoms with Gasteiger partial charge in [0.25, 0.3) is 0 Å². The molecule has 2 amide bonds. The van der Waals surface area contributed by atoms with Crippen LogP contribution >= 0.6 is 11.6 Å². The summed E-state index contributed by atoms with van der Waals surface area (Å²) in [6, 6.07) is 10.4. The zero-order valence-electron chi connectivity index (χ0n) is 18.9. The van der Waals surface area contributed by atoms with Crippen LogP contribution < -0.4 is 20.1 Å². The molecule has 2 atom stereocenters. The summed E-state index contributed by atoms with van der Waals surface area (Å²) in [5, 5.41) is 6.11. The standard InChI is InChI=1S/C24H30ClN3O4/c1-15-13-18(8-9-19(15)25)27-24(30)23(29)26-16(2)22(28-11-5-6-12-28)17-7-10-20(31-3)21(14-17)32-4/h7-10,13-14,16,22H,5-6,11-12H2,1-4H3,(H,26,29)(H,27,30). The van der Waals surface area contributed by atoms with E-state index in [1.165, 1.54) is 0 Å². The molecule has 3 rings (SSSR count). The maximum Gasteiger partial charge on any atom is 0.313 e. The molecule has 2 aromatic carbocycles. The van der Waals surface area contributed by atoms with Crippen LogP contribution in [-0.2, 0) is 9.59 Å². The lowest BCUT2D eigenvalue weighted by Crippen LogP contribution is -2.47. The Morgan fingerprint density at radius 2 is 1.69 bits per heavy atom. The molecule has 0 aromatic heterocycles. The number of rotatable bonds is 7. The number of carbonyl (C=O) groups is 2. The first-order valence-electron chi connectivity index (χ1n) is 10.7. The molecule has 8 heteroatoms. The molecule has 1 aliphatic heterocycles. The molecule has 1 fully saturated rings. The predicted molar refractivity (Wildman–Crippen MR) is 126 cm³/mol. The van der Waals surface area contributed by atoms with Crippen LogP contribution in [0.15, 0.2) is 36.4 Å². The van der Waals surface area contributed by atoms with Gasteiger partial charge in [-0.25, -0.2) is 0 Å². The molecule has 1 heterocycles. The Morgan fingerprint density at radius 3 is 2.31 bits per heavy atom. The highest BCUT2D eigenvalue weighted by molar-refractivity contribution is 6.39. The van der Waals surface area contributed by atoms with Gasteiger partial charge in [0.1, 0.15) is 0 Å². The highest BCUT2D eigenvalue weighted by Gasteiger charge is 2.31. The van der Waals surface area contributed by atoms with Gasteiger partial charge in [0.05, 0.1) is 20.3 Å². The van der Waals surface area contributed by atoms with Crippen LogP contribution in [0, 0.1) is 6.92 Å². The van der Waals surface area contributed by atoms with Crippen molar-refractivity contribution in [2.45, 2.75) is 38.8 Å². The number of nitrogens with zero attached hydrogens (tertiary/aromatic N) is 1. The molecule has 2 unspecified atom stereocenters. The Hall–Kier alpha value is -2.77. The second kappa shape index (κ2) is 10.7. The lowest BCUT2D eigenvalue weighted by molar-refractivity contribution is -0.136. The first-order chi connectivity index (χ1) is 15.3. The van der Waals surface area contributed by atoms with E-state index in [1.807, 2.05) is 32.0 Å². The number of likely N-dealkylation sites (tertiary alicyclic amines) is 1. The molecule has 172 valence electrons. The second-order valence-electron chi connectivity index (χ2n) is 7.98. The SMILES string of the molecule is COc1ccc(C(C(C)NC(=O)C(=O)Nc2ccc(Cl)c(C)c2)N2CCCC2)cc1OC. The number of halogens is 1. The van der Waals surface area contributed by atoms with Crippen molar-refractivity contribution in [1.29, 1.82) is 0 Å². The maximum atomic E-state index is 12.7. The fourth-order valence-corrected chi connectivity index (χ4v) is 4.25. The zero-order valence-corrected chi connectivity index (χ0v) is 19.7. The minimum absolute atomic E-state index is 0.105. The molecule has 7 nitrogen and oxygen atoms in total. The van der Waals surface area contributed by atoms with Crippen LogP contribution in [0.3, 0.4) is 0 Å². The molecule has 1 saturated heterocycles. The topological polar surface area (TPSA) is 79.9 Å². The molecular weight excluding hydrogens is 430 g/mol. The molecule has 2 N–H and O–H groups in total. The molecule has 0 aliphatic carbocycles. The number of benzene rings is 2. The van der Waals surface area contributed by atoms with E-state index in [2.05, 4.69) is 15.5 Å². The molecule has 0 spiro atoms. The van der Waals surface area contributed by atoms with Crippen molar-refractivity contribution < 1.29 is 19.1 Å². The molecule has 0 saturated carbocycles. The number of aryl methyl sites for hydroxylation is 1. The number of hydrogen-bond donors (Lipinski definition) is 2. The summed E-state index contributed by atoms with van der Waals surface area (Å²) in [5.41, 5.74) is 2.34. The van der Waals surface area contributed by atoms with E-state index in [-0.39, 0.29) is 12.1 Å². The van der Waals surface area contributed by atoms with Crippen molar-refractivity contribution in [3.8, 4) is 11.5 Å². The normalized spacial score (nSPS) is 15.7. The lowest BCUT2D eigenvalue weighted by Gasteiger charge is -2.33. The quantitative estimate of drug-likeness (QED) is 0.613. The molecule has 0 radical (unpaired) electrons. The van der Waals surface area contributed by atoms with E-state index in [0.29, 0.717) is 22.2 Å². The Bertz CT molecular complexity index is 976. The van der Waals surface area contributed by atoms with Crippen molar-refractivity contribution in [3.05, 3.63) is 52.5 Å². The molecule has 2 aromatic rings. The van der Waals surface area contributed by atoms with Gasteiger partial charge < -0.3 is 20.1 Å². The highest BCUT2D eigenvalue weighted by Crippen LogP contribution is 2.34. The summed E-state index contributed by atoms with van der Waals surface area (Å²) in [5.74, 6) is -0.129. The van der Waals surface area contributed by atoms with Crippen molar-refractivity contribution in [2.75, 3.05) is 32.6 Å². The summed E-state index contributed by atoms with van der Waals surface area (Å²) in [6.07, 6.45) is 2.20. The largest absolute Gasteiger partial charge is 0.493 e. The number of ether oxygens (including phenoxy) is 2. The fourth-order valence-electron chi connectivity index (χ4n) is 4.13. The second-order valence-corrected chi connectivity index (χ2v) is 8.39.